The first-order chi connectivity index (χ1) is 60.4. The predicted molar refractivity (Wildman–Crippen MR) is 480 cm³/mol. The number of nitrogens with zero attached hydrogens (tertiary/aromatic N) is 4. The van der Waals surface area contributed by atoms with Crippen LogP contribution in [0.2, 0.25) is 0 Å². The molecule has 0 amide bonds. The highest BCUT2D eigenvalue weighted by atomic mass is 16.5. The second-order valence-corrected chi connectivity index (χ2v) is 29.9. The normalized spacial score (nSPS) is 13.9. The summed E-state index contributed by atoms with van der Waals surface area (Å²) < 4.78 is 87.7. The highest BCUT2D eigenvalue weighted by molar-refractivity contribution is 7.00. The molecule has 6 heteroatoms. The number of benzene rings is 18. The average Bonchev–Trinajstić information content (AvgIpc) is 1.22. The van der Waals surface area contributed by atoms with Crippen LogP contribution in [0.25, 0.3) is 122 Å². The van der Waals surface area contributed by atoms with Crippen LogP contribution in [0.3, 0.4) is 0 Å². The second-order valence-electron chi connectivity index (χ2n) is 29.9. The van der Waals surface area contributed by atoms with Gasteiger partial charge in [0.25, 0.3) is 6.71 Å². The van der Waals surface area contributed by atoms with Gasteiger partial charge < -0.3 is 23.7 Å². The first-order valence-corrected chi connectivity index (χ1v) is 39.1. The van der Waals surface area contributed by atoms with E-state index in [1.54, 1.807) is 4.57 Å². The molecule has 0 radical (unpaired) electrons. The van der Waals surface area contributed by atoms with Crippen LogP contribution in [0.1, 0.15) is 33.2 Å². The third-order valence-electron chi connectivity index (χ3n) is 23.9. The first-order valence-electron chi connectivity index (χ1n) is 43.1. The van der Waals surface area contributed by atoms with E-state index in [4.69, 9.17) is 7.48 Å². The Bertz CT molecular complexity index is 7480. The van der Waals surface area contributed by atoms with Crippen LogP contribution in [0, 0.1) is 0 Å². The smallest absolute Gasteiger partial charge is 0.252 e. The van der Waals surface area contributed by atoms with Gasteiger partial charge in [-0.05, 0) is 151 Å². The molecule has 5 nitrogen and oxygen atoms in total. The van der Waals surface area contributed by atoms with Gasteiger partial charge in [0.15, 0.2) is 0 Å². The van der Waals surface area contributed by atoms with Gasteiger partial charge in [-0.15, -0.1) is 0 Å². The van der Waals surface area contributed by atoms with E-state index in [0.717, 1.165) is 156 Å². The van der Waals surface area contributed by atoms with Crippen molar-refractivity contribution in [2.75, 3.05) is 9.80 Å². The number of aromatic nitrogens is 2. The maximum atomic E-state index is 9.94. The lowest BCUT2D eigenvalue weighted by Gasteiger charge is -2.46. The van der Waals surface area contributed by atoms with Crippen molar-refractivity contribution in [3.8, 4) is 89.6 Å². The maximum absolute atomic E-state index is 9.94. The summed E-state index contributed by atoms with van der Waals surface area (Å²) in [5.41, 5.74) is 26.6. The summed E-state index contributed by atoms with van der Waals surface area (Å²) >= 11 is 0. The maximum Gasteiger partial charge on any atom is 0.252 e. The van der Waals surface area contributed by atoms with Gasteiger partial charge in [0.1, 0.15) is 11.5 Å². The standard InChI is InChI=1S/C109H71BN4O/c1-7-31-73(32-8-1)84-47-29-48-85(74-33-9-2-10-34-74)107(84)113-100-67-77(72-57-61-82(62-58-72)111-96-52-24-19-43-88(96)89-44-20-25-53-97(89)111)60-65-94(100)110-95-66-63-83(112-98-54-26-21-45-90(98)91-46-22-27-55-99(91)112)71-101(95)114(108-86(75-35-11-3-12-36-75)49-30-50-87(108)76-37-13-4-14-38-76)103-69-79(68-102(113)106(103)110)78-59-64-93-105(70-78)115-104-56-28-23-51-92(104)109(93,80-39-15-5-16-40-80)81-41-17-6-18-42-81/h1-71H/i21D,22D,26D,27D,45D,46D,54D,55D. The second kappa shape index (κ2) is 26.6. The highest BCUT2D eigenvalue weighted by Crippen LogP contribution is 2.59. The lowest BCUT2D eigenvalue weighted by Crippen LogP contribution is -2.61. The molecule has 23 rings (SSSR count). The van der Waals surface area contributed by atoms with Gasteiger partial charge in [-0.3, -0.25) is 0 Å². The minimum absolute atomic E-state index is 0.00982. The molecule has 0 spiro atoms. The summed E-state index contributed by atoms with van der Waals surface area (Å²) in [6.45, 7) is -0.566. The third-order valence-corrected chi connectivity index (χ3v) is 23.9. The van der Waals surface area contributed by atoms with Crippen LogP contribution in [-0.2, 0) is 5.41 Å². The fourth-order valence-electron chi connectivity index (χ4n) is 19.0. The quantitative estimate of drug-likeness (QED) is 0.114. The van der Waals surface area contributed by atoms with Gasteiger partial charge in [0.2, 0.25) is 0 Å². The van der Waals surface area contributed by atoms with Gasteiger partial charge in [-0.2, -0.15) is 0 Å². The third kappa shape index (κ3) is 10.3. The number of hydrogen-bond donors (Lipinski definition) is 0. The van der Waals surface area contributed by atoms with E-state index in [0.29, 0.717) is 17.1 Å². The van der Waals surface area contributed by atoms with Crippen molar-refractivity contribution in [3.63, 3.8) is 0 Å². The van der Waals surface area contributed by atoms with E-state index in [1.807, 2.05) is 24.3 Å². The molecule has 0 N–H and O–H groups in total. The summed E-state index contributed by atoms with van der Waals surface area (Å²) in [7, 11) is 0. The van der Waals surface area contributed by atoms with E-state index in [1.165, 1.54) is 10.8 Å². The van der Waals surface area contributed by atoms with E-state index in [-0.39, 0.29) is 33.9 Å². The van der Waals surface area contributed by atoms with Crippen molar-refractivity contribution in [1.29, 1.82) is 0 Å². The molecule has 536 valence electrons. The molecule has 20 aromatic rings. The van der Waals surface area contributed by atoms with Crippen LogP contribution in [-0.4, -0.2) is 15.8 Å². The zero-order valence-corrected chi connectivity index (χ0v) is 62.1. The van der Waals surface area contributed by atoms with Gasteiger partial charge >= 0.3 is 0 Å². The molecule has 3 aliphatic heterocycles. The number of fused-ring (bicyclic) bond motifs is 12. The monoisotopic (exact) mass is 1470 g/mol. The molecule has 3 aliphatic rings. The number of ether oxygens (including phenoxy) is 1. The lowest BCUT2D eigenvalue weighted by atomic mass is 9.33. The van der Waals surface area contributed by atoms with E-state index in [9.17, 15) is 8.22 Å². The molecular weight excluding hydrogens is 1390 g/mol. The molecule has 0 fully saturated rings. The van der Waals surface area contributed by atoms with E-state index in [2.05, 4.69) is 372 Å². The summed E-state index contributed by atoms with van der Waals surface area (Å²) in [6.07, 6.45) is 0. The van der Waals surface area contributed by atoms with Gasteiger partial charge in [-0.1, -0.05) is 352 Å². The van der Waals surface area contributed by atoms with Crippen molar-refractivity contribution in [2.45, 2.75) is 5.41 Å². The summed E-state index contributed by atoms with van der Waals surface area (Å²) in [4.78, 5) is 4.96. The summed E-state index contributed by atoms with van der Waals surface area (Å²) in [5.74, 6) is 1.43. The summed E-state index contributed by atoms with van der Waals surface area (Å²) in [5, 5.41) is 2.35. The molecule has 5 heterocycles. The van der Waals surface area contributed by atoms with E-state index >= 15 is 0 Å². The fraction of sp³-hybridized carbons (Fsp3) is 0.00917. The van der Waals surface area contributed by atoms with Crippen LogP contribution in [0.15, 0.2) is 431 Å². The van der Waals surface area contributed by atoms with Gasteiger partial charge in [0.05, 0.1) is 49.8 Å². The molecule has 0 bridgehead atoms. The Morgan fingerprint density at radius 2 is 0.652 bits per heavy atom. The Labute approximate surface area is 679 Å². The van der Waals surface area contributed by atoms with Gasteiger partial charge in [0, 0.05) is 89.0 Å². The zero-order valence-electron chi connectivity index (χ0n) is 70.1. The molecule has 0 aliphatic carbocycles. The lowest BCUT2D eigenvalue weighted by molar-refractivity contribution is 0.435. The minimum atomic E-state index is -0.828. The Hall–Kier alpha value is -15.0. The Balaban J connectivity index is 0.872. The Kier molecular flexibility index (Phi) is 13.4. The first kappa shape index (κ1) is 58.0. The Morgan fingerprint density at radius 1 is 0.261 bits per heavy atom. The number of hydrogen-bond acceptors (Lipinski definition) is 3. The zero-order chi connectivity index (χ0) is 82.6. The average molecular weight is 1470 g/mol. The van der Waals surface area contributed by atoms with Crippen molar-refractivity contribution >= 4 is 101 Å². The van der Waals surface area contributed by atoms with Crippen molar-refractivity contribution in [1.82, 2.24) is 9.13 Å². The molecule has 0 unspecified atom stereocenters. The van der Waals surface area contributed by atoms with Crippen LogP contribution < -0.4 is 30.9 Å². The predicted octanol–water partition coefficient (Wildman–Crippen LogP) is 26.5. The van der Waals surface area contributed by atoms with Crippen LogP contribution in [0.4, 0.5) is 34.1 Å². The molecule has 0 atom stereocenters. The summed E-state index contributed by atoms with van der Waals surface area (Å²) in [6, 6.07) is 133. The fourth-order valence-corrected chi connectivity index (χ4v) is 19.0. The van der Waals surface area contributed by atoms with Crippen molar-refractivity contribution in [3.05, 3.63) is 453 Å². The van der Waals surface area contributed by atoms with Crippen LogP contribution in [0.5, 0.6) is 11.5 Å². The van der Waals surface area contributed by atoms with E-state index < -0.39 is 48.4 Å². The molecule has 115 heavy (non-hydrogen) atoms. The minimum Gasteiger partial charge on any atom is -0.457 e. The number of rotatable bonds is 12. The molecular formula is C109H71BN4O. The number of anilines is 6. The van der Waals surface area contributed by atoms with Crippen LogP contribution >= 0.6 is 0 Å². The molecule has 0 saturated heterocycles. The Morgan fingerprint density at radius 3 is 1.17 bits per heavy atom. The van der Waals surface area contributed by atoms with Crippen molar-refractivity contribution < 1.29 is 15.7 Å². The number of para-hydroxylation sites is 7. The largest absolute Gasteiger partial charge is 0.457 e. The molecule has 0 saturated carbocycles. The highest BCUT2D eigenvalue weighted by Gasteiger charge is 2.48. The SMILES string of the molecule is [2H]c1c([2H])c([2H])c2c(c1[2H])c1c([2H])c([2H])c([2H])c([2H])c1n2-c1ccc2c(c1)N(c1c(-c3ccccc3)cccc1-c1ccccc1)c1cc(-c3ccc4c(c3)Oc3ccccc3C4(c3ccccc3)c3ccccc3)cc3c1B2c1ccc(-c2ccc(-n4c5ccccc5c5ccccc54)cc2)cc1N3c1c(-c2ccccc2)cccc1-c1ccccc1. The van der Waals surface area contributed by atoms with Gasteiger partial charge in [-0.25, -0.2) is 0 Å². The molecule has 18 aromatic carbocycles. The molecule has 2 aromatic heterocycles. The van der Waals surface area contributed by atoms with Crippen molar-refractivity contribution in [2.24, 2.45) is 0 Å². The topological polar surface area (TPSA) is 25.6 Å².